The summed E-state index contributed by atoms with van der Waals surface area (Å²) in [7, 11) is 0. The van der Waals surface area contributed by atoms with Crippen LogP contribution in [0.15, 0.2) is 47.1 Å². The fraction of sp³-hybridized carbons (Fsp3) is 0.458. The number of hydrogen-bond donors (Lipinski definition) is 0. The van der Waals surface area contributed by atoms with Crippen molar-refractivity contribution in [3.63, 3.8) is 0 Å². The van der Waals surface area contributed by atoms with Crippen molar-refractivity contribution < 1.29 is 9.42 Å². The number of carbonyl (C=O) groups is 1. The van der Waals surface area contributed by atoms with E-state index >= 15 is 0 Å². The molecule has 2 aromatic carbocycles. The molecular formula is C24H28N4O2. The van der Waals surface area contributed by atoms with Gasteiger partial charge in [0.05, 0.1) is 0 Å². The van der Waals surface area contributed by atoms with E-state index in [1.54, 1.807) is 0 Å². The second-order valence-electron chi connectivity index (χ2n) is 8.68. The van der Waals surface area contributed by atoms with Gasteiger partial charge < -0.3 is 4.90 Å². The molecule has 2 aliphatic rings. The van der Waals surface area contributed by atoms with E-state index in [9.17, 15) is 4.79 Å². The third-order valence-electron chi connectivity index (χ3n) is 6.68. The maximum absolute atomic E-state index is 12.7. The number of fused-ring (bicyclic) bond motifs is 2. The van der Waals surface area contributed by atoms with E-state index < -0.39 is 0 Å². The van der Waals surface area contributed by atoms with Crippen molar-refractivity contribution in [3.8, 4) is 0 Å². The number of carbonyl (C=O) groups excluding carboxylic acids is 1. The number of nitrogens with zero attached hydrogens (tertiary/aromatic N) is 4. The lowest BCUT2D eigenvalue weighted by Gasteiger charge is -2.33. The maximum atomic E-state index is 12.7. The SMILES string of the molecule is O=C(CCC1CCN(Cc2ccc3nonc3c2)CC1)N1CCc2ccccc2C1. The summed E-state index contributed by atoms with van der Waals surface area (Å²) < 4.78 is 4.79. The zero-order valence-electron chi connectivity index (χ0n) is 17.3. The highest BCUT2D eigenvalue weighted by atomic mass is 16.6. The molecule has 0 radical (unpaired) electrons. The zero-order valence-corrected chi connectivity index (χ0v) is 17.3. The Morgan fingerprint density at radius 1 is 1.00 bits per heavy atom. The molecule has 3 heterocycles. The summed E-state index contributed by atoms with van der Waals surface area (Å²) >= 11 is 0. The van der Waals surface area contributed by atoms with E-state index in [-0.39, 0.29) is 0 Å². The van der Waals surface area contributed by atoms with Crippen molar-refractivity contribution in [2.45, 2.75) is 45.2 Å². The number of benzene rings is 2. The van der Waals surface area contributed by atoms with Crippen LogP contribution in [0.4, 0.5) is 0 Å². The van der Waals surface area contributed by atoms with E-state index in [4.69, 9.17) is 4.63 Å². The Hall–Kier alpha value is -2.73. The molecular weight excluding hydrogens is 376 g/mol. The third kappa shape index (κ3) is 4.24. The van der Waals surface area contributed by atoms with Crippen LogP contribution < -0.4 is 0 Å². The van der Waals surface area contributed by atoms with Gasteiger partial charge in [0.1, 0.15) is 11.0 Å². The fourth-order valence-electron chi connectivity index (χ4n) is 4.81. The highest BCUT2D eigenvalue weighted by Crippen LogP contribution is 2.25. The lowest BCUT2D eigenvalue weighted by molar-refractivity contribution is -0.132. The number of likely N-dealkylation sites (tertiary alicyclic amines) is 1. The van der Waals surface area contributed by atoms with Crippen molar-refractivity contribution >= 4 is 16.9 Å². The van der Waals surface area contributed by atoms with Gasteiger partial charge in [0.25, 0.3) is 0 Å². The topological polar surface area (TPSA) is 62.5 Å². The van der Waals surface area contributed by atoms with Crippen LogP contribution in [-0.2, 0) is 24.3 Å². The average molecular weight is 405 g/mol. The van der Waals surface area contributed by atoms with Crippen LogP contribution >= 0.6 is 0 Å². The predicted octanol–water partition coefficient (Wildman–Crippen LogP) is 3.80. The summed E-state index contributed by atoms with van der Waals surface area (Å²) in [5.74, 6) is 0.978. The Kier molecular flexibility index (Phi) is 5.49. The zero-order chi connectivity index (χ0) is 20.3. The van der Waals surface area contributed by atoms with Crippen LogP contribution in [0.1, 0.15) is 42.4 Å². The van der Waals surface area contributed by atoms with E-state index in [0.29, 0.717) is 18.2 Å². The van der Waals surface area contributed by atoms with Crippen molar-refractivity contribution in [1.29, 1.82) is 0 Å². The van der Waals surface area contributed by atoms with Gasteiger partial charge in [0, 0.05) is 26.1 Å². The highest BCUT2D eigenvalue weighted by Gasteiger charge is 2.23. The molecule has 0 spiro atoms. The Morgan fingerprint density at radius 2 is 1.80 bits per heavy atom. The minimum absolute atomic E-state index is 0.321. The molecule has 6 heteroatoms. The van der Waals surface area contributed by atoms with Gasteiger partial charge in [-0.15, -0.1) is 0 Å². The number of aromatic nitrogens is 2. The highest BCUT2D eigenvalue weighted by molar-refractivity contribution is 5.76. The van der Waals surface area contributed by atoms with E-state index in [2.05, 4.69) is 51.6 Å². The summed E-state index contributed by atoms with van der Waals surface area (Å²) in [5.41, 5.74) is 5.58. The first-order chi connectivity index (χ1) is 14.7. The molecule has 5 rings (SSSR count). The van der Waals surface area contributed by atoms with Crippen LogP contribution in [0.25, 0.3) is 11.0 Å². The van der Waals surface area contributed by atoms with Gasteiger partial charge >= 0.3 is 0 Å². The molecule has 6 nitrogen and oxygen atoms in total. The van der Waals surface area contributed by atoms with Gasteiger partial charge in [-0.25, -0.2) is 4.63 Å². The molecule has 0 bridgehead atoms. The standard InChI is InChI=1S/C24H28N4O2/c29-24(28-14-11-20-3-1-2-4-21(20)17-28)8-6-18-9-12-27(13-10-18)16-19-5-7-22-23(15-19)26-30-25-22/h1-5,7,15,18H,6,8-14,16-17H2. The molecule has 0 saturated carbocycles. The Morgan fingerprint density at radius 3 is 2.67 bits per heavy atom. The number of amides is 1. The smallest absolute Gasteiger partial charge is 0.222 e. The number of hydrogen-bond acceptors (Lipinski definition) is 5. The molecule has 2 aliphatic heterocycles. The second kappa shape index (κ2) is 8.56. The molecule has 156 valence electrons. The van der Waals surface area contributed by atoms with E-state index in [1.807, 2.05) is 11.0 Å². The van der Waals surface area contributed by atoms with Gasteiger partial charge in [-0.2, -0.15) is 0 Å². The predicted molar refractivity (Wildman–Crippen MR) is 115 cm³/mol. The average Bonchev–Trinajstić information content (AvgIpc) is 3.26. The monoisotopic (exact) mass is 404 g/mol. The molecule has 0 N–H and O–H groups in total. The van der Waals surface area contributed by atoms with Crippen molar-refractivity contribution in [2.75, 3.05) is 19.6 Å². The molecule has 30 heavy (non-hydrogen) atoms. The van der Waals surface area contributed by atoms with Crippen LogP contribution in [0, 0.1) is 5.92 Å². The van der Waals surface area contributed by atoms with Crippen LogP contribution in [-0.4, -0.2) is 45.7 Å². The molecule has 3 aromatic rings. The van der Waals surface area contributed by atoms with Gasteiger partial charge in [0.2, 0.25) is 5.91 Å². The molecule has 1 saturated heterocycles. The summed E-state index contributed by atoms with van der Waals surface area (Å²) in [4.78, 5) is 17.3. The van der Waals surface area contributed by atoms with Crippen LogP contribution in [0.2, 0.25) is 0 Å². The minimum atomic E-state index is 0.321. The van der Waals surface area contributed by atoms with E-state index in [1.165, 1.54) is 29.5 Å². The molecule has 1 amide bonds. The summed E-state index contributed by atoms with van der Waals surface area (Å²) in [6.45, 7) is 4.75. The van der Waals surface area contributed by atoms with Gasteiger partial charge in [-0.05, 0) is 83.8 Å². The van der Waals surface area contributed by atoms with Gasteiger partial charge in [-0.3, -0.25) is 9.69 Å². The first-order valence-corrected chi connectivity index (χ1v) is 11.0. The normalized spacial score (nSPS) is 17.9. The lowest BCUT2D eigenvalue weighted by atomic mass is 9.91. The van der Waals surface area contributed by atoms with Gasteiger partial charge in [-0.1, -0.05) is 30.3 Å². The minimum Gasteiger partial charge on any atom is -0.338 e. The quantitative estimate of drug-likeness (QED) is 0.647. The third-order valence-corrected chi connectivity index (χ3v) is 6.68. The first kappa shape index (κ1) is 19.2. The Labute approximate surface area is 176 Å². The number of rotatable bonds is 5. The molecule has 0 atom stereocenters. The first-order valence-electron chi connectivity index (χ1n) is 11.0. The maximum Gasteiger partial charge on any atom is 0.222 e. The van der Waals surface area contributed by atoms with Crippen LogP contribution in [0.3, 0.4) is 0 Å². The lowest BCUT2D eigenvalue weighted by Crippen LogP contribution is -2.37. The van der Waals surface area contributed by atoms with Crippen molar-refractivity contribution in [3.05, 3.63) is 59.2 Å². The fourth-order valence-corrected chi connectivity index (χ4v) is 4.81. The number of piperidine rings is 1. The molecule has 0 aliphatic carbocycles. The van der Waals surface area contributed by atoms with E-state index in [0.717, 1.165) is 56.6 Å². The molecule has 0 unspecified atom stereocenters. The second-order valence-corrected chi connectivity index (χ2v) is 8.68. The van der Waals surface area contributed by atoms with Crippen molar-refractivity contribution in [2.24, 2.45) is 5.92 Å². The summed E-state index contributed by atoms with van der Waals surface area (Å²) in [6, 6.07) is 14.6. The Bertz CT molecular complexity index is 1020. The molecule has 1 fully saturated rings. The van der Waals surface area contributed by atoms with Gasteiger partial charge in [0.15, 0.2) is 0 Å². The Balaban J connectivity index is 1.07. The summed E-state index contributed by atoms with van der Waals surface area (Å²) in [5, 5.41) is 7.80. The molecule has 1 aromatic heterocycles. The van der Waals surface area contributed by atoms with Crippen LogP contribution in [0.5, 0.6) is 0 Å². The van der Waals surface area contributed by atoms with Crippen molar-refractivity contribution in [1.82, 2.24) is 20.1 Å². The largest absolute Gasteiger partial charge is 0.338 e. The summed E-state index contributed by atoms with van der Waals surface area (Å²) in [6.07, 6.45) is 5.02.